The maximum atomic E-state index is 13.1. The van der Waals surface area contributed by atoms with Crippen LogP contribution in [0.1, 0.15) is 27.9 Å². The van der Waals surface area contributed by atoms with E-state index >= 15 is 0 Å². The number of carbonyl (C=O) groups excluding carboxylic acids is 2. The predicted molar refractivity (Wildman–Crippen MR) is 117 cm³/mol. The molecule has 2 aromatic carbocycles. The molecular formula is C24H29N3O3. The van der Waals surface area contributed by atoms with Crippen molar-refractivity contribution in [2.24, 2.45) is 0 Å². The number of anilines is 1. The van der Waals surface area contributed by atoms with Crippen molar-refractivity contribution in [3.05, 3.63) is 59.2 Å². The highest BCUT2D eigenvalue weighted by atomic mass is 16.5. The van der Waals surface area contributed by atoms with E-state index in [1.54, 1.807) is 25.1 Å². The molecule has 0 spiro atoms. The molecule has 0 fully saturated rings. The fourth-order valence-electron chi connectivity index (χ4n) is 4.24. The van der Waals surface area contributed by atoms with Crippen LogP contribution in [0, 0.1) is 0 Å². The van der Waals surface area contributed by atoms with Crippen LogP contribution in [0.5, 0.6) is 5.75 Å². The first-order valence-corrected chi connectivity index (χ1v) is 10.5. The van der Waals surface area contributed by atoms with Gasteiger partial charge in [-0.05, 0) is 42.2 Å². The average Bonchev–Trinajstić information content (AvgIpc) is 2.98. The summed E-state index contributed by atoms with van der Waals surface area (Å²) in [6.07, 6.45) is 2.20. The molecule has 158 valence electrons. The second-order valence-electron chi connectivity index (χ2n) is 8.31. The Kier molecular flexibility index (Phi) is 5.66. The first kappa shape index (κ1) is 20.3. The first-order valence-electron chi connectivity index (χ1n) is 10.5. The van der Waals surface area contributed by atoms with Crippen molar-refractivity contribution < 1.29 is 14.3 Å². The second kappa shape index (κ2) is 8.38. The van der Waals surface area contributed by atoms with E-state index in [0.29, 0.717) is 18.6 Å². The van der Waals surface area contributed by atoms with Crippen molar-refractivity contribution in [2.75, 3.05) is 45.7 Å². The number of benzene rings is 2. The van der Waals surface area contributed by atoms with Gasteiger partial charge in [-0.2, -0.15) is 0 Å². The minimum atomic E-state index is -0.0552. The monoisotopic (exact) mass is 407 g/mol. The van der Waals surface area contributed by atoms with Crippen LogP contribution < -0.4 is 9.64 Å². The molecule has 0 aromatic heterocycles. The quantitative estimate of drug-likeness (QED) is 0.785. The van der Waals surface area contributed by atoms with Crippen molar-refractivity contribution >= 4 is 17.5 Å². The lowest BCUT2D eigenvalue weighted by Gasteiger charge is -2.36. The Morgan fingerprint density at radius 2 is 1.73 bits per heavy atom. The fraction of sp³-hybridized carbons (Fsp3) is 0.417. The minimum Gasteiger partial charge on any atom is -0.489 e. The van der Waals surface area contributed by atoms with E-state index in [2.05, 4.69) is 29.2 Å². The smallest absolute Gasteiger partial charge is 0.253 e. The van der Waals surface area contributed by atoms with E-state index in [9.17, 15) is 9.59 Å². The van der Waals surface area contributed by atoms with E-state index in [1.807, 2.05) is 24.1 Å². The van der Waals surface area contributed by atoms with E-state index in [0.717, 1.165) is 37.4 Å². The van der Waals surface area contributed by atoms with Crippen LogP contribution in [-0.2, 0) is 17.6 Å². The highest BCUT2D eigenvalue weighted by molar-refractivity contribution is 5.95. The summed E-state index contributed by atoms with van der Waals surface area (Å²) < 4.78 is 5.93. The zero-order valence-corrected chi connectivity index (χ0v) is 17.9. The molecule has 2 amide bonds. The molecule has 6 heteroatoms. The zero-order chi connectivity index (χ0) is 21.3. The van der Waals surface area contributed by atoms with Gasteiger partial charge in [0.1, 0.15) is 12.4 Å². The molecule has 6 nitrogen and oxygen atoms in total. The number of likely N-dealkylation sites (N-methyl/N-ethyl adjacent to an activating group) is 1. The summed E-state index contributed by atoms with van der Waals surface area (Å²) >= 11 is 0. The Morgan fingerprint density at radius 3 is 2.37 bits per heavy atom. The molecule has 0 saturated heterocycles. The van der Waals surface area contributed by atoms with Crippen LogP contribution in [0.3, 0.4) is 0 Å². The maximum Gasteiger partial charge on any atom is 0.253 e. The third kappa shape index (κ3) is 3.99. The number of amides is 2. The van der Waals surface area contributed by atoms with Gasteiger partial charge in [0.05, 0.1) is 18.2 Å². The van der Waals surface area contributed by atoms with Crippen LogP contribution in [0.2, 0.25) is 0 Å². The summed E-state index contributed by atoms with van der Waals surface area (Å²) in [4.78, 5) is 31.0. The number of nitrogens with zero attached hydrogens (tertiary/aromatic N) is 3. The number of rotatable bonds is 3. The molecule has 2 aliphatic heterocycles. The fourth-order valence-corrected chi connectivity index (χ4v) is 4.24. The molecule has 0 saturated carbocycles. The number of fused-ring (bicyclic) bond motifs is 2. The summed E-state index contributed by atoms with van der Waals surface area (Å²) in [5.74, 6) is 0.863. The van der Waals surface area contributed by atoms with Crippen molar-refractivity contribution in [3.63, 3.8) is 0 Å². The van der Waals surface area contributed by atoms with E-state index in [-0.39, 0.29) is 17.9 Å². The van der Waals surface area contributed by atoms with E-state index < -0.39 is 0 Å². The van der Waals surface area contributed by atoms with Crippen LogP contribution in [-0.4, -0.2) is 68.5 Å². The van der Waals surface area contributed by atoms with Gasteiger partial charge in [0.25, 0.3) is 5.91 Å². The number of ether oxygens (including phenoxy) is 1. The average molecular weight is 408 g/mol. The zero-order valence-electron chi connectivity index (χ0n) is 17.9. The molecule has 2 aliphatic rings. The Balaban J connectivity index is 1.44. The summed E-state index contributed by atoms with van der Waals surface area (Å²) in [5.41, 5.74) is 4.16. The van der Waals surface area contributed by atoms with Crippen LogP contribution in [0.15, 0.2) is 42.5 Å². The van der Waals surface area contributed by atoms with Gasteiger partial charge < -0.3 is 19.4 Å². The normalized spacial score (nSPS) is 18.0. The minimum absolute atomic E-state index is 0.0477. The Morgan fingerprint density at radius 1 is 1.07 bits per heavy atom. The molecular weight excluding hydrogens is 378 g/mol. The second-order valence-corrected chi connectivity index (χ2v) is 8.31. The lowest BCUT2D eigenvalue weighted by Crippen LogP contribution is -2.45. The summed E-state index contributed by atoms with van der Waals surface area (Å²) in [6.45, 7) is 1.97. The summed E-state index contributed by atoms with van der Waals surface area (Å²) in [7, 11) is 5.45. The van der Waals surface area contributed by atoms with Gasteiger partial charge in [0.2, 0.25) is 5.91 Å². The highest BCUT2D eigenvalue weighted by Crippen LogP contribution is 2.35. The van der Waals surface area contributed by atoms with Crippen LogP contribution in [0.25, 0.3) is 0 Å². The van der Waals surface area contributed by atoms with E-state index in [1.165, 1.54) is 11.1 Å². The summed E-state index contributed by atoms with van der Waals surface area (Å²) in [5, 5.41) is 0. The third-order valence-electron chi connectivity index (χ3n) is 6.15. The van der Waals surface area contributed by atoms with Gasteiger partial charge in [0.15, 0.2) is 0 Å². The Labute approximate surface area is 178 Å². The van der Waals surface area contributed by atoms with Crippen molar-refractivity contribution in [1.82, 2.24) is 9.80 Å². The van der Waals surface area contributed by atoms with Gasteiger partial charge in [-0.15, -0.1) is 0 Å². The van der Waals surface area contributed by atoms with Gasteiger partial charge in [-0.3, -0.25) is 9.59 Å². The molecule has 0 radical (unpaired) electrons. The van der Waals surface area contributed by atoms with Gasteiger partial charge in [-0.25, -0.2) is 0 Å². The third-order valence-corrected chi connectivity index (χ3v) is 6.15. The van der Waals surface area contributed by atoms with Crippen LogP contribution >= 0.6 is 0 Å². The Hall–Kier alpha value is -3.02. The topological polar surface area (TPSA) is 53.1 Å². The largest absolute Gasteiger partial charge is 0.489 e. The highest BCUT2D eigenvalue weighted by Gasteiger charge is 2.30. The van der Waals surface area contributed by atoms with Crippen LogP contribution in [0.4, 0.5) is 5.69 Å². The van der Waals surface area contributed by atoms with Gasteiger partial charge >= 0.3 is 0 Å². The molecule has 4 rings (SSSR count). The maximum absolute atomic E-state index is 13.1. The molecule has 0 N–H and O–H groups in total. The number of hydrogen-bond donors (Lipinski definition) is 0. The standard InChI is InChI=1S/C24H29N3O3/c1-25(2)24(29)19-8-9-22-21(14-19)26(3)20(16-30-22)15-23(28)27-12-10-17-6-4-5-7-18(17)11-13-27/h4-9,14,20H,10-13,15-16H2,1-3H3. The first-order chi connectivity index (χ1) is 14.4. The lowest BCUT2D eigenvalue weighted by molar-refractivity contribution is -0.131. The van der Waals surface area contributed by atoms with Crippen molar-refractivity contribution in [3.8, 4) is 5.75 Å². The predicted octanol–water partition coefficient (Wildman–Crippen LogP) is 2.60. The lowest BCUT2D eigenvalue weighted by atomic mass is 10.0. The molecule has 1 unspecified atom stereocenters. The molecule has 2 heterocycles. The summed E-state index contributed by atoms with van der Waals surface area (Å²) in [6, 6.07) is 13.9. The van der Waals surface area contributed by atoms with E-state index in [4.69, 9.17) is 4.74 Å². The molecule has 0 bridgehead atoms. The molecule has 0 aliphatic carbocycles. The van der Waals surface area contributed by atoms with Gasteiger partial charge in [-0.1, -0.05) is 24.3 Å². The molecule has 30 heavy (non-hydrogen) atoms. The number of hydrogen-bond acceptors (Lipinski definition) is 4. The molecule has 2 aromatic rings. The van der Waals surface area contributed by atoms with Crippen molar-refractivity contribution in [2.45, 2.75) is 25.3 Å². The SMILES string of the molecule is CN(C)C(=O)c1ccc2c(c1)N(C)C(CC(=O)N1CCc3ccccc3CC1)CO2. The number of carbonyl (C=O) groups is 2. The van der Waals surface area contributed by atoms with Crippen molar-refractivity contribution in [1.29, 1.82) is 0 Å². The molecule has 1 atom stereocenters. The Bertz CT molecular complexity index is 929. The van der Waals surface area contributed by atoms with Gasteiger partial charge in [0, 0.05) is 39.8 Å².